The lowest BCUT2D eigenvalue weighted by Gasteiger charge is -2.34. The van der Waals surface area contributed by atoms with E-state index >= 15 is 0 Å². The molecule has 0 bridgehead atoms. The van der Waals surface area contributed by atoms with Gasteiger partial charge in [-0.2, -0.15) is 0 Å². The molecule has 1 fully saturated rings. The SMILES string of the molecule is COc1ccc(CNC(=O)N2CC(C)CC(C(=O)O)C2)cc1O. The fraction of sp³-hybridized carbons (Fsp3) is 0.500. The summed E-state index contributed by atoms with van der Waals surface area (Å²) in [5.74, 6) is -0.851. The Balaban J connectivity index is 1.93. The number of hydrogen-bond acceptors (Lipinski definition) is 4. The van der Waals surface area contributed by atoms with E-state index in [2.05, 4.69) is 5.32 Å². The first-order valence-corrected chi connectivity index (χ1v) is 7.52. The largest absolute Gasteiger partial charge is 0.504 e. The van der Waals surface area contributed by atoms with Crippen molar-refractivity contribution in [3.8, 4) is 11.5 Å². The van der Waals surface area contributed by atoms with Crippen molar-refractivity contribution in [2.24, 2.45) is 11.8 Å². The molecule has 7 heteroatoms. The van der Waals surface area contributed by atoms with Gasteiger partial charge in [0.05, 0.1) is 13.0 Å². The van der Waals surface area contributed by atoms with E-state index in [1.807, 2.05) is 6.92 Å². The first-order chi connectivity index (χ1) is 10.9. The van der Waals surface area contributed by atoms with E-state index < -0.39 is 11.9 Å². The molecule has 2 unspecified atom stereocenters. The van der Waals surface area contributed by atoms with Crippen molar-refractivity contribution in [3.63, 3.8) is 0 Å². The number of piperidine rings is 1. The number of urea groups is 1. The highest BCUT2D eigenvalue weighted by atomic mass is 16.5. The molecule has 2 amide bonds. The smallest absolute Gasteiger partial charge is 0.317 e. The number of hydrogen-bond donors (Lipinski definition) is 3. The molecule has 7 nitrogen and oxygen atoms in total. The molecule has 1 aliphatic rings. The maximum absolute atomic E-state index is 12.2. The second-order valence-electron chi connectivity index (χ2n) is 5.95. The molecular formula is C16H22N2O5. The van der Waals surface area contributed by atoms with Crippen LogP contribution in [0.3, 0.4) is 0 Å². The van der Waals surface area contributed by atoms with E-state index in [9.17, 15) is 14.7 Å². The zero-order valence-electron chi connectivity index (χ0n) is 13.3. The second-order valence-corrected chi connectivity index (χ2v) is 5.95. The quantitative estimate of drug-likeness (QED) is 0.783. The number of likely N-dealkylation sites (tertiary alicyclic amines) is 1. The molecule has 3 N–H and O–H groups in total. The lowest BCUT2D eigenvalue weighted by Crippen LogP contribution is -2.49. The minimum absolute atomic E-state index is 0.0109. The number of nitrogens with one attached hydrogen (secondary N) is 1. The topological polar surface area (TPSA) is 99.1 Å². The van der Waals surface area contributed by atoms with Crippen molar-refractivity contribution in [3.05, 3.63) is 23.8 Å². The van der Waals surface area contributed by atoms with Gasteiger partial charge in [0.15, 0.2) is 11.5 Å². The number of aliphatic carboxylic acids is 1. The van der Waals surface area contributed by atoms with E-state index in [4.69, 9.17) is 9.84 Å². The third-order valence-electron chi connectivity index (χ3n) is 3.98. The Kier molecular flexibility index (Phi) is 5.31. The van der Waals surface area contributed by atoms with Crippen molar-refractivity contribution in [1.29, 1.82) is 0 Å². The minimum atomic E-state index is -0.866. The molecule has 2 atom stereocenters. The van der Waals surface area contributed by atoms with Crippen LogP contribution in [-0.4, -0.2) is 47.3 Å². The summed E-state index contributed by atoms with van der Waals surface area (Å²) in [6.07, 6.45) is 0.589. The van der Waals surface area contributed by atoms with Crippen LogP contribution in [0.2, 0.25) is 0 Å². The summed E-state index contributed by atoms with van der Waals surface area (Å²) < 4.78 is 4.97. The highest BCUT2D eigenvalue weighted by Gasteiger charge is 2.31. The number of ether oxygens (including phenoxy) is 1. The zero-order chi connectivity index (χ0) is 17.0. The molecule has 1 aromatic carbocycles. The Morgan fingerprint density at radius 1 is 1.39 bits per heavy atom. The monoisotopic (exact) mass is 322 g/mol. The molecule has 126 valence electrons. The number of benzene rings is 1. The van der Waals surface area contributed by atoms with Gasteiger partial charge < -0.3 is 25.2 Å². The number of carbonyl (C=O) groups is 2. The lowest BCUT2D eigenvalue weighted by molar-refractivity contribution is -0.143. The van der Waals surface area contributed by atoms with Crippen LogP contribution in [0.25, 0.3) is 0 Å². The summed E-state index contributed by atoms with van der Waals surface area (Å²) in [6.45, 7) is 2.96. The van der Waals surface area contributed by atoms with Crippen LogP contribution in [0, 0.1) is 11.8 Å². The summed E-state index contributed by atoms with van der Waals surface area (Å²) in [5, 5.41) is 21.6. The maximum atomic E-state index is 12.2. The van der Waals surface area contributed by atoms with Gasteiger partial charge >= 0.3 is 12.0 Å². The number of rotatable bonds is 4. The summed E-state index contributed by atoms with van der Waals surface area (Å²) in [6, 6.07) is 4.61. The number of nitrogens with zero attached hydrogens (tertiary/aromatic N) is 1. The molecule has 1 aromatic rings. The average Bonchev–Trinajstić information content (AvgIpc) is 2.52. The first kappa shape index (κ1) is 16.9. The Labute approximate surface area is 134 Å². The molecule has 2 rings (SSSR count). The number of methoxy groups -OCH3 is 1. The fourth-order valence-electron chi connectivity index (χ4n) is 2.83. The first-order valence-electron chi connectivity index (χ1n) is 7.52. The van der Waals surface area contributed by atoms with Gasteiger partial charge in [-0.05, 0) is 30.0 Å². The summed E-state index contributed by atoms with van der Waals surface area (Å²) in [7, 11) is 1.47. The Morgan fingerprint density at radius 2 is 2.13 bits per heavy atom. The van der Waals surface area contributed by atoms with E-state index in [-0.39, 0.29) is 30.8 Å². The van der Waals surface area contributed by atoms with Crippen molar-refractivity contribution in [2.45, 2.75) is 19.9 Å². The third-order valence-corrected chi connectivity index (χ3v) is 3.98. The zero-order valence-corrected chi connectivity index (χ0v) is 13.3. The molecule has 23 heavy (non-hydrogen) atoms. The lowest BCUT2D eigenvalue weighted by atomic mass is 9.91. The maximum Gasteiger partial charge on any atom is 0.317 e. The highest BCUT2D eigenvalue weighted by molar-refractivity contribution is 5.76. The molecule has 0 aromatic heterocycles. The number of amides is 2. The van der Waals surface area contributed by atoms with Crippen LogP contribution in [-0.2, 0) is 11.3 Å². The van der Waals surface area contributed by atoms with Crippen molar-refractivity contribution < 1.29 is 24.5 Å². The summed E-state index contributed by atoms with van der Waals surface area (Å²) in [4.78, 5) is 24.9. The van der Waals surface area contributed by atoms with Gasteiger partial charge in [0.25, 0.3) is 0 Å². The Hall–Kier alpha value is -2.44. The van der Waals surface area contributed by atoms with Gasteiger partial charge in [0, 0.05) is 19.6 Å². The minimum Gasteiger partial charge on any atom is -0.504 e. The molecule has 1 heterocycles. The number of carboxylic acid groups (broad SMARTS) is 1. The van der Waals surface area contributed by atoms with Crippen LogP contribution in [0.5, 0.6) is 11.5 Å². The third kappa shape index (κ3) is 4.28. The van der Waals surface area contributed by atoms with Crippen LogP contribution in [0.4, 0.5) is 4.79 Å². The predicted molar refractivity (Wildman–Crippen MR) is 83.4 cm³/mol. The van der Waals surface area contributed by atoms with Gasteiger partial charge in [0.1, 0.15) is 0 Å². The van der Waals surface area contributed by atoms with Gasteiger partial charge in [-0.15, -0.1) is 0 Å². The number of carboxylic acids is 1. The van der Waals surface area contributed by atoms with Crippen molar-refractivity contribution in [1.82, 2.24) is 10.2 Å². The van der Waals surface area contributed by atoms with Crippen LogP contribution >= 0.6 is 0 Å². The molecule has 0 spiro atoms. The van der Waals surface area contributed by atoms with Gasteiger partial charge in [-0.3, -0.25) is 4.79 Å². The van der Waals surface area contributed by atoms with E-state index in [0.29, 0.717) is 18.7 Å². The van der Waals surface area contributed by atoms with Crippen LogP contribution < -0.4 is 10.1 Å². The molecule has 0 aliphatic carbocycles. The van der Waals surface area contributed by atoms with Gasteiger partial charge in [-0.25, -0.2) is 4.79 Å². The molecule has 1 aliphatic heterocycles. The normalized spacial score (nSPS) is 20.9. The van der Waals surface area contributed by atoms with Crippen LogP contribution in [0.1, 0.15) is 18.9 Å². The standard InChI is InChI=1S/C16H22N2O5/c1-10-5-12(15(20)21)9-18(8-10)16(22)17-7-11-3-4-14(23-2)13(19)6-11/h3-4,6,10,12,19H,5,7-9H2,1-2H3,(H,17,22)(H,20,21). The predicted octanol–water partition coefficient (Wildman–Crippen LogP) is 1.65. The molecule has 0 saturated carbocycles. The highest BCUT2D eigenvalue weighted by Crippen LogP contribution is 2.26. The summed E-state index contributed by atoms with van der Waals surface area (Å²) >= 11 is 0. The second kappa shape index (κ2) is 7.21. The number of aromatic hydroxyl groups is 1. The van der Waals surface area contributed by atoms with Crippen LogP contribution in [0.15, 0.2) is 18.2 Å². The van der Waals surface area contributed by atoms with Crippen molar-refractivity contribution >= 4 is 12.0 Å². The van der Waals surface area contributed by atoms with E-state index in [0.717, 1.165) is 5.56 Å². The molecule has 0 radical (unpaired) electrons. The number of phenols is 1. The number of phenolic OH excluding ortho intramolecular Hbond substituents is 1. The van der Waals surface area contributed by atoms with E-state index in [1.54, 1.807) is 12.1 Å². The average molecular weight is 322 g/mol. The van der Waals surface area contributed by atoms with E-state index in [1.165, 1.54) is 18.1 Å². The Morgan fingerprint density at radius 3 is 2.74 bits per heavy atom. The Bertz CT molecular complexity index is 590. The van der Waals surface area contributed by atoms with Gasteiger partial charge in [-0.1, -0.05) is 13.0 Å². The van der Waals surface area contributed by atoms with Crippen molar-refractivity contribution in [2.75, 3.05) is 20.2 Å². The number of carbonyl (C=O) groups excluding carboxylic acids is 1. The fourth-order valence-corrected chi connectivity index (χ4v) is 2.83. The van der Waals surface area contributed by atoms with Gasteiger partial charge in [0.2, 0.25) is 0 Å². The molecular weight excluding hydrogens is 300 g/mol. The summed E-state index contributed by atoms with van der Waals surface area (Å²) in [5.41, 5.74) is 0.733. The molecule has 1 saturated heterocycles.